The van der Waals surface area contributed by atoms with Crippen LogP contribution in [0.2, 0.25) is 0 Å². The van der Waals surface area contributed by atoms with Gasteiger partial charge in [0.15, 0.2) is 0 Å². The molecule has 3 saturated carbocycles. The van der Waals surface area contributed by atoms with Crippen molar-refractivity contribution in [1.29, 1.82) is 0 Å². The standard InChI is InChI=1S/C29H50O2/c1-7-31-27(19(2)3)13-8-20(4)24-11-12-25-23-10-9-21-18-22(30)14-16-28(21,5)26(23)15-17-29(24,25)6/h9,19-20,22-27,30H,7-8,10-18H2,1-6H3/t20-,22+,23+,24-,25+,26+,27+,28+,29-/m1/s1. The summed E-state index contributed by atoms with van der Waals surface area (Å²) >= 11 is 0. The van der Waals surface area contributed by atoms with Gasteiger partial charge in [-0.25, -0.2) is 0 Å². The van der Waals surface area contributed by atoms with Crippen LogP contribution in [0.1, 0.15) is 106 Å². The van der Waals surface area contributed by atoms with E-state index < -0.39 is 0 Å². The predicted molar refractivity (Wildman–Crippen MR) is 130 cm³/mol. The zero-order chi connectivity index (χ0) is 22.4. The van der Waals surface area contributed by atoms with Gasteiger partial charge in [0.1, 0.15) is 0 Å². The van der Waals surface area contributed by atoms with Gasteiger partial charge >= 0.3 is 0 Å². The van der Waals surface area contributed by atoms with Gasteiger partial charge in [0.2, 0.25) is 0 Å². The molecule has 0 aromatic heterocycles. The third-order valence-electron chi connectivity index (χ3n) is 10.9. The Balaban J connectivity index is 1.46. The molecule has 0 radical (unpaired) electrons. The second kappa shape index (κ2) is 9.13. The van der Waals surface area contributed by atoms with Crippen molar-refractivity contribution in [3.63, 3.8) is 0 Å². The van der Waals surface area contributed by atoms with Crippen LogP contribution in [0, 0.1) is 46.3 Å². The fraction of sp³-hybridized carbons (Fsp3) is 0.931. The Morgan fingerprint density at radius 1 is 1.03 bits per heavy atom. The van der Waals surface area contributed by atoms with Crippen molar-refractivity contribution in [2.75, 3.05) is 6.61 Å². The molecule has 0 bridgehead atoms. The lowest BCUT2D eigenvalue weighted by molar-refractivity contribution is -0.0586. The van der Waals surface area contributed by atoms with Gasteiger partial charge in [-0.15, -0.1) is 0 Å². The van der Waals surface area contributed by atoms with Crippen molar-refractivity contribution in [1.82, 2.24) is 0 Å². The fourth-order valence-electron chi connectivity index (χ4n) is 9.07. The maximum absolute atomic E-state index is 10.3. The smallest absolute Gasteiger partial charge is 0.0597 e. The first-order valence-corrected chi connectivity index (χ1v) is 13.7. The van der Waals surface area contributed by atoms with E-state index in [4.69, 9.17) is 4.74 Å². The molecule has 31 heavy (non-hydrogen) atoms. The third-order valence-corrected chi connectivity index (χ3v) is 10.9. The summed E-state index contributed by atoms with van der Waals surface area (Å²) in [4.78, 5) is 0. The summed E-state index contributed by atoms with van der Waals surface area (Å²) in [6.45, 7) is 15.4. The van der Waals surface area contributed by atoms with Crippen LogP contribution < -0.4 is 0 Å². The number of rotatable bonds is 7. The number of hydrogen-bond acceptors (Lipinski definition) is 2. The van der Waals surface area contributed by atoms with Gasteiger partial charge in [-0.05, 0) is 117 Å². The number of allylic oxidation sites excluding steroid dienone is 1. The van der Waals surface area contributed by atoms with Gasteiger partial charge in [0, 0.05) is 6.61 Å². The minimum absolute atomic E-state index is 0.0900. The summed E-state index contributed by atoms with van der Waals surface area (Å²) in [6, 6.07) is 0. The van der Waals surface area contributed by atoms with E-state index >= 15 is 0 Å². The average molecular weight is 431 g/mol. The summed E-state index contributed by atoms with van der Waals surface area (Å²) in [6.07, 6.45) is 15.6. The molecule has 4 aliphatic rings. The van der Waals surface area contributed by atoms with Crippen molar-refractivity contribution in [2.45, 2.75) is 118 Å². The van der Waals surface area contributed by atoms with Crippen LogP contribution in [0.15, 0.2) is 11.6 Å². The van der Waals surface area contributed by atoms with E-state index in [1.807, 2.05) is 0 Å². The van der Waals surface area contributed by atoms with E-state index in [1.165, 1.54) is 51.4 Å². The van der Waals surface area contributed by atoms with Crippen molar-refractivity contribution >= 4 is 0 Å². The Labute approximate surface area is 192 Å². The Kier molecular flexibility index (Phi) is 7.01. The van der Waals surface area contributed by atoms with Crippen molar-refractivity contribution in [3.8, 4) is 0 Å². The maximum Gasteiger partial charge on any atom is 0.0597 e. The lowest BCUT2D eigenvalue weighted by Crippen LogP contribution is -2.50. The molecule has 0 heterocycles. The first kappa shape index (κ1) is 23.8. The van der Waals surface area contributed by atoms with Crippen LogP contribution in [0.4, 0.5) is 0 Å². The average Bonchev–Trinajstić information content (AvgIpc) is 3.08. The molecule has 0 saturated heterocycles. The molecular weight excluding hydrogens is 380 g/mol. The Morgan fingerprint density at radius 2 is 1.81 bits per heavy atom. The molecule has 0 aliphatic heterocycles. The van der Waals surface area contributed by atoms with Gasteiger partial charge in [-0.1, -0.05) is 46.3 Å². The third kappa shape index (κ3) is 4.18. The molecule has 2 heteroatoms. The second-order valence-corrected chi connectivity index (χ2v) is 12.7. The van der Waals surface area contributed by atoms with Crippen LogP contribution >= 0.6 is 0 Å². The lowest BCUT2D eigenvalue weighted by Gasteiger charge is -2.58. The summed E-state index contributed by atoms with van der Waals surface area (Å²) in [7, 11) is 0. The second-order valence-electron chi connectivity index (χ2n) is 12.7. The van der Waals surface area contributed by atoms with E-state index in [0.717, 1.165) is 49.0 Å². The summed E-state index contributed by atoms with van der Waals surface area (Å²) in [5, 5.41) is 10.3. The van der Waals surface area contributed by atoms with Gasteiger partial charge in [-0.2, -0.15) is 0 Å². The summed E-state index contributed by atoms with van der Waals surface area (Å²) in [5.74, 6) is 4.96. The Bertz CT molecular complexity index is 653. The first-order valence-electron chi connectivity index (χ1n) is 13.7. The minimum Gasteiger partial charge on any atom is -0.393 e. The number of hydrogen-bond donors (Lipinski definition) is 1. The molecule has 1 N–H and O–H groups in total. The molecule has 0 aromatic rings. The minimum atomic E-state index is -0.0900. The topological polar surface area (TPSA) is 29.5 Å². The highest BCUT2D eigenvalue weighted by Gasteiger charge is 2.59. The fourth-order valence-corrected chi connectivity index (χ4v) is 9.07. The van der Waals surface area contributed by atoms with E-state index in [0.29, 0.717) is 22.9 Å². The molecular formula is C29H50O2. The summed E-state index contributed by atoms with van der Waals surface area (Å²) in [5.41, 5.74) is 2.51. The molecule has 4 aliphatic carbocycles. The normalized spacial score (nSPS) is 44.3. The predicted octanol–water partition coefficient (Wildman–Crippen LogP) is 7.40. The zero-order valence-electron chi connectivity index (χ0n) is 21.3. The van der Waals surface area contributed by atoms with Crippen LogP contribution in [0.25, 0.3) is 0 Å². The van der Waals surface area contributed by atoms with E-state index in [1.54, 1.807) is 5.57 Å². The van der Waals surface area contributed by atoms with Crippen LogP contribution in [0.3, 0.4) is 0 Å². The van der Waals surface area contributed by atoms with Gasteiger partial charge in [-0.3, -0.25) is 0 Å². The van der Waals surface area contributed by atoms with Crippen LogP contribution in [-0.4, -0.2) is 23.9 Å². The van der Waals surface area contributed by atoms with Crippen molar-refractivity contribution < 1.29 is 9.84 Å². The molecule has 2 nitrogen and oxygen atoms in total. The monoisotopic (exact) mass is 430 g/mol. The van der Waals surface area contributed by atoms with Crippen LogP contribution in [-0.2, 0) is 4.74 Å². The highest BCUT2D eigenvalue weighted by Crippen LogP contribution is 2.67. The highest BCUT2D eigenvalue weighted by molar-refractivity contribution is 5.25. The number of ether oxygens (including phenoxy) is 1. The quantitative estimate of drug-likeness (QED) is 0.426. The SMILES string of the molecule is CCO[C@@H](CC[C@@H](C)[C@H]1CC[C@H]2[C@@H]3CC=C4C[C@@H](O)CC[C@]4(C)[C@H]3CC[C@]12C)C(C)C. The van der Waals surface area contributed by atoms with Gasteiger partial charge in [0.25, 0.3) is 0 Å². The maximum atomic E-state index is 10.3. The largest absolute Gasteiger partial charge is 0.393 e. The van der Waals surface area contributed by atoms with Crippen molar-refractivity contribution in [3.05, 3.63) is 11.6 Å². The van der Waals surface area contributed by atoms with E-state index in [9.17, 15) is 5.11 Å². The number of aliphatic hydroxyl groups is 1. The Hall–Kier alpha value is -0.340. The molecule has 4 rings (SSSR count). The first-order chi connectivity index (χ1) is 14.7. The van der Waals surface area contributed by atoms with E-state index in [-0.39, 0.29) is 6.10 Å². The molecule has 0 aromatic carbocycles. The number of fused-ring (bicyclic) bond motifs is 5. The number of aliphatic hydroxyl groups excluding tert-OH is 1. The molecule has 0 amide bonds. The highest BCUT2D eigenvalue weighted by atomic mass is 16.5. The van der Waals surface area contributed by atoms with Crippen molar-refractivity contribution in [2.24, 2.45) is 46.3 Å². The molecule has 0 unspecified atom stereocenters. The summed E-state index contributed by atoms with van der Waals surface area (Å²) < 4.78 is 6.06. The molecule has 9 atom stereocenters. The molecule has 178 valence electrons. The van der Waals surface area contributed by atoms with E-state index in [2.05, 4.69) is 47.6 Å². The molecule has 0 spiro atoms. The Morgan fingerprint density at radius 3 is 2.52 bits per heavy atom. The van der Waals surface area contributed by atoms with Crippen LogP contribution in [0.5, 0.6) is 0 Å². The lowest BCUT2D eigenvalue weighted by atomic mass is 9.47. The van der Waals surface area contributed by atoms with Gasteiger partial charge < -0.3 is 9.84 Å². The molecule has 3 fully saturated rings. The van der Waals surface area contributed by atoms with Gasteiger partial charge in [0.05, 0.1) is 12.2 Å². The zero-order valence-corrected chi connectivity index (χ0v) is 21.3.